The van der Waals surface area contributed by atoms with Crippen molar-refractivity contribution < 1.29 is 8.78 Å². The predicted molar refractivity (Wildman–Crippen MR) is 95.5 cm³/mol. The lowest BCUT2D eigenvalue weighted by Gasteiger charge is -2.19. The second kappa shape index (κ2) is 5.97. The van der Waals surface area contributed by atoms with Crippen LogP contribution in [0, 0.1) is 0 Å². The molecule has 2 nitrogen and oxygen atoms in total. The third-order valence-electron chi connectivity index (χ3n) is 4.66. The molecule has 0 amide bonds. The Hall–Kier alpha value is -2.17. The molecule has 2 heterocycles. The largest absolute Gasteiger partial charge is 0.319 e. The number of nitrogens with one attached hydrogen (secondary N) is 1. The molecule has 0 aliphatic carbocycles. The molecular formula is C20H17ClF2N2. The topological polar surface area (TPSA) is 17.0 Å². The maximum Gasteiger partial charge on any atom is 0.270 e. The average Bonchev–Trinajstić information content (AvgIpc) is 2.99. The van der Waals surface area contributed by atoms with Gasteiger partial charge in [-0.15, -0.1) is 0 Å². The Morgan fingerprint density at radius 2 is 1.84 bits per heavy atom. The molecule has 0 unspecified atom stereocenters. The molecule has 3 aromatic rings. The van der Waals surface area contributed by atoms with Crippen LogP contribution in [0.4, 0.5) is 8.78 Å². The van der Waals surface area contributed by atoms with Gasteiger partial charge in [-0.05, 0) is 29.8 Å². The van der Waals surface area contributed by atoms with Gasteiger partial charge in [-0.1, -0.05) is 41.9 Å². The lowest BCUT2D eigenvalue weighted by molar-refractivity contribution is 0.0174. The Balaban J connectivity index is 1.78. The van der Waals surface area contributed by atoms with Crippen LogP contribution in [-0.2, 0) is 12.5 Å². The van der Waals surface area contributed by atoms with Gasteiger partial charge in [-0.3, -0.25) is 0 Å². The van der Waals surface area contributed by atoms with Gasteiger partial charge in [0.25, 0.3) is 5.92 Å². The second-order valence-corrected chi connectivity index (χ2v) is 6.77. The summed E-state index contributed by atoms with van der Waals surface area (Å²) in [5, 5.41) is 4.22. The SMILES string of the molecule is CC(F)(F)c1ccc([C@@H]2NCc3c(Cl)cccc3-n3cccc32)cc1. The van der Waals surface area contributed by atoms with Crippen molar-refractivity contribution in [2.45, 2.75) is 25.4 Å². The minimum atomic E-state index is -2.83. The van der Waals surface area contributed by atoms with Gasteiger partial charge in [-0.25, -0.2) is 8.78 Å². The van der Waals surface area contributed by atoms with Crippen LogP contribution in [0.1, 0.15) is 35.3 Å². The van der Waals surface area contributed by atoms with Crippen LogP contribution in [0.2, 0.25) is 5.02 Å². The first kappa shape index (κ1) is 16.3. The third kappa shape index (κ3) is 2.86. The van der Waals surface area contributed by atoms with Gasteiger partial charge in [0.1, 0.15) is 0 Å². The van der Waals surface area contributed by atoms with Crippen molar-refractivity contribution in [1.82, 2.24) is 9.88 Å². The highest BCUT2D eigenvalue weighted by molar-refractivity contribution is 6.31. The number of fused-ring (bicyclic) bond motifs is 3. The number of hydrogen-bond acceptors (Lipinski definition) is 1. The zero-order chi connectivity index (χ0) is 17.6. The van der Waals surface area contributed by atoms with Gasteiger partial charge in [0.05, 0.1) is 11.7 Å². The fourth-order valence-corrected chi connectivity index (χ4v) is 3.60. The van der Waals surface area contributed by atoms with E-state index in [9.17, 15) is 8.78 Å². The van der Waals surface area contributed by atoms with E-state index in [1.807, 2.05) is 36.5 Å². The van der Waals surface area contributed by atoms with Crippen LogP contribution in [0.15, 0.2) is 60.8 Å². The quantitative estimate of drug-likeness (QED) is 0.646. The number of nitrogens with zero attached hydrogens (tertiary/aromatic N) is 1. The van der Waals surface area contributed by atoms with E-state index in [0.29, 0.717) is 11.6 Å². The highest BCUT2D eigenvalue weighted by Gasteiger charge is 2.26. The van der Waals surface area contributed by atoms with Crippen LogP contribution in [0.5, 0.6) is 0 Å². The molecule has 0 radical (unpaired) electrons. The highest BCUT2D eigenvalue weighted by atomic mass is 35.5. The Morgan fingerprint density at radius 3 is 2.56 bits per heavy atom. The molecule has 2 aromatic carbocycles. The number of aromatic nitrogens is 1. The Kier molecular flexibility index (Phi) is 3.89. The van der Waals surface area contributed by atoms with E-state index in [1.54, 1.807) is 12.1 Å². The Bertz CT molecular complexity index is 910. The molecule has 0 spiro atoms. The fourth-order valence-electron chi connectivity index (χ4n) is 3.36. The van der Waals surface area contributed by atoms with Crippen LogP contribution < -0.4 is 5.32 Å². The lowest BCUT2D eigenvalue weighted by Crippen LogP contribution is -2.21. The van der Waals surface area contributed by atoms with Crippen molar-refractivity contribution in [3.8, 4) is 5.69 Å². The monoisotopic (exact) mass is 358 g/mol. The summed E-state index contributed by atoms with van der Waals surface area (Å²) in [5.41, 5.74) is 4.08. The molecule has 0 saturated carbocycles. The Morgan fingerprint density at radius 1 is 1.08 bits per heavy atom. The molecule has 0 saturated heterocycles. The predicted octanol–water partition coefficient (Wildman–Crippen LogP) is 5.44. The fraction of sp³-hybridized carbons (Fsp3) is 0.200. The van der Waals surface area contributed by atoms with Gasteiger partial charge < -0.3 is 9.88 Å². The minimum absolute atomic E-state index is 0.0200. The van der Waals surface area contributed by atoms with Gasteiger partial charge in [-0.2, -0.15) is 0 Å². The number of rotatable bonds is 2. The zero-order valence-corrected chi connectivity index (χ0v) is 14.4. The van der Waals surface area contributed by atoms with Crippen molar-refractivity contribution in [2.24, 2.45) is 0 Å². The summed E-state index contributed by atoms with van der Waals surface area (Å²) in [5.74, 6) is -2.83. The van der Waals surface area contributed by atoms with Crippen molar-refractivity contribution >= 4 is 11.6 Å². The van der Waals surface area contributed by atoms with Crippen LogP contribution in [0.25, 0.3) is 5.69 Å². The van der Waals surface area contributed by atoms with Gasteiger partial charge >= 0.3 is 0 Å². The summed E-state index contributed by atoms with van der Waals surface area (Å²) in [6.45, 7) is 1.52. The van der Waals surface area contributed by atoms with Gasteiger partial charge in [0.2, 0.25) is 0 Å². The van der Waals surface area contributed by atoms with Gasteiger partial charge in [0.15, 0.2) is 0 Å². The normalized spacial score (nSPS) is 16.9. The first-order valence-electron chi connectivity index (χ1n) is 8.12. The molecule has 0 bridgehead atoms. The summed E-state index contributed by atoms with van der Waals surface area (Å²) in [7, 11) is 0. The van der Waals surface area contributed by atoms with E-state index in [0.717, 1.165) is 29.4 Å². The Labute approximate surface area is 150 Å². The van der Waals surface area contributed by atoms with Crippen LogP contribution in [-0.4, -0.2) is 4.57 Å². The van der Waals surface area contributed by atoms with E-state index in [1.165, 1.54) is 12.1 Å². The number of halogens is 3. The first-order chi connectivity index (χ1) is 11.9. The van der Waals surface area contributed by atoms with Crippen LogP contribution in [0.3, 0.4) is 0 Å². The molecule has 0 fully saturated rings. The first-order valence-corrected chi connectivity index (χ1v) is 8.49. The molecule has 5 heteroatoms. The van der Waals surface area contributed by atoms with Crippen LogP contribution >= 0.6 is 11.6 Å². The molecule has 25 heavy (non-hydrogen) atoms. The number of alkyl halides is 2. The maximum absolute atomic E-state index is 13.5. The van der Waals surface area contributed by atoms with Crippen molar-refractivity contribution in [2.75, 3.05) is 0 Å². The van der Waals surface area contributed by atoms with E-state index < -0.39 is 5.92 Å². The lowest BCUT2D eigenvalue weighted by atomic mass is 10.0. The molecule has 1 aliphatic heterocycles. The zero-order valence-electron chi connectivity index (χ0n) is 13.6. The molecular weight excluding hydrogens is 342 g/mol. The molecule has 1 atom stereocenters. The van der Waals surface area contributed by atoms with Crippen molar-refractivity contribution in [3.63, 3.8) is 0 Å². The maximum atomic E-state index is 13.5. The summed E-state index contributed by atoms with van der Waals surface area (Å²) >= 11 is 6.38. The van der Waals surface area contributed by atoms with Crippen molar-refractivity contribution in [3.05, 3.63) is 88.2 Å². The van der Waals surface area contributed by atoms with E-state index in [4.69, 9.17) is 11.6 Å². The average molecular weight is 359 g/mol. The molecule has 1 aromatic heterocycles. The third-order valence-corrected chi connectivity index (χ3v) is 5.02. The number of hydrogen-bond donors (Lipinski definition) is 1. The molecule has 1 N–H and O–H groups in total. The molecule has 4 rings (SSSR count). The van der Waals surface area contributed by atoms with Gasteiger partial charge in [0, 0.05) is 41.5 Å². The minimum Gasteiger partial charge on any atom is -0.319 e. The molecule has 1 aliphatic rings. The van der Waals surface area contributed by atoms with E-state index >= 15 is 0 Å². The highest BCUT2D eigenvalue weighted by Crippen LogP contribution is 2.34. The van der Waals surface area contributed by atoms with Crippen molar-refractivity contribution in [1.29, 1.82) is 0 Å². The summed E-state index contributed by atoms with van der Waals surface area (Å²) in [6, 6.07) is 16.3. The number of benzene rings is 2. The smallest absolute Gasteiger partial charge is 0.270 e. The molecule has 128 valence electrons. The van der Waals surface area contributed by atoms with E-state index in [-0.39, 0.29) is 11.6 Å². The summed E-state index contributed by atoms with van der Waals surface area (Å²) in [4.78, 5) is 0. The standard InChI is InChI=1S/C20H17ClF2N2/c1-20(22,23)14-9-7-13(8-10-14)19-18-6-3-11-25(18)17-5-2-4-16(21)15(17)12-24-19/h2-11,19,24H,12H2,1H3/t19-/m0/s1. The van der Waals surface area contributed by atoms with E-state index in [2.05, 4.69) is 9.88 Å². The summed E-state index contributed by atoms with van der Waals surface area (Å²) < 4.78 is 29.0. The second-order valence-electron chi connectivity index (χ2n) is 6.36. The summed E-state index contributed by atoms with van der Waals surface area (Å²) in [6.07, 6.45) is 2.00.